The summed E-state index contributed by atoms with van der Waals surface area (Å²) in [5, 5.41) is 2.67. The second kappa shape index (κ2) is 6.96. The summed E-state index contributed by atoms with van der Waals surface area (Å²) >= 11 is 0. The van der Waals surface area contributed by atoms with Gasteiger partial charge in [0.2, 0.25) is 0 Å². The van der Waals surface area contributed by atoms with Gasteiger partial charge in [-0.25, -0.2) is 4.39 Å². The highest BCUT2D eigenvalue weighted by Crippen LogP contribution is 2.17. The molecule has 0 saturated heterocycles. The highest BCUT2D eigenvalue weighted by atomic mass is 19.1. The van der Waals surface area contributed by atoms with Crippen molar-refractivity contribution >= 4 is 5.91 Å². The minimum Gasteiger partial charge on any atom is -0.481 e. The van der Waals surface area contributed by atoms with Gasteiger partial charge in [-0.3, -0.25) is 4.79 Å². The first-order chi connectivity index (χ1) is 8.54. The van der Waals surface area contributed by atoms with Crippen LogP contribution >= 0.6 is 0 Å². The van der Waals surface area contributed by atoms with Crippen LogP contribution in [-0.2, 0) is 9.53 Å². The molecule has 100 valence electrons. The number of carbonyl (C=O) groups excluding carboxylic acids is 1. The number of aryl methyl sites for hydroxylation is 1. The summed E-state index contributed by atoms with van der Waals surface area (Å²) in [6.07, 6.45) is -0.633. The SMILES string of the molecule is COCCNC(=O)C(C)Oc1ccc(F)c(C)c1. The third-order valence-electron chi connectivity index (χ3n) is 2.42. The maximum Gasteiger partial charge on any atom is 0.260 e. The Hall–Kier alpha value is -1.62. The number of halogens is 1. The number of nitrogens with one attached hydrogen (secondary N) is 1. The number of rotatable bonds is 6. The van der Waals surface area contributed by atoms with E-state index in [9.17, 15) is 9.18 Å². The Morgan fingerprint density at radius 1 is 1.50 bits per heavy atom. The van der Waals surface area contributed by atoms with E-state index in [1.807, 2.05) is 0 Å². The number of hydrogen-bond donors (Lipinski definition) is 1. The molecule has 0 bridgehead atoms. The lowest BCUT2D eigenvalue weighted by molar-refractivity contribution is -0.127. The van der Waals surface area contributed by atoms with Gasteiger partial charge < -0.3 is 14.8 Å². The largest absolute Gasteiger partial charge is 0.481 e. The van der Waals surface area contributed by atoms with Gasteiger partial charge in [-0.2, -0.15) is 0 Å². The highest BCUT2D eigenvalue weighted by Gasteiger charge is 2.14. The second-order valence-electron chi connectivity index (χ2n) is 3.95. The van der Waals surface area contributed by atoms with Gasteiger partial charge >= 0.3 is 0 Å². The van der Waals surface area contributed by atoms with Crippen LogP contribution in [0.2, 0.25) is 0 Å². The molecule has 0 fully saturated rings. The third-order valence-corrected chi connectivity index (χ3v) is 2.42. The fraction of sp³-hybridized carbons (Fsp3) is 0.462. The first kappa shape index (κ1) is 14.4. The Kier molecular flexibility index (Phi) is 5.58. The average Bonchev–Trinajstić information content (AvgIpc) is 2.34. The third kappa shape index (κ3) is 4.33. The normalized spacial score (nSPS) is 12.0. The zero-order valence-corrected chi connectivity index (χ0v) is 10.8. The van der Waals surface area contributed by atoms with Crippen LogP contribution in [0.3, 0.4) is 0 Å². The summed E-state index contributed by atoms with van der Waals surface area (Å²) < 4.78 is 23.3. The lowest BCUT2D eigenvalue weighted by Crippen LogP contribution is -2.37. The van der Waals surface area contributed by atoms with Crippen LogP contribution in [0.4, 0.5) is 4.39 Å². The molecular weight excluding hydrogens is 237 g/mol. The molecule has 0 aliphatic rings. The maximum absolute atomic E-state index is 13.1. The van der Waals surface area contributed by atoms with Crippen molar-refractivity contribution in [3.63, 3.8) is 0 Å². The van der Waals surface area contributed by atoms with E-state index >= 15 is 0 Å². The van der Waals surface area contributed by atoms with Crippen molar-refractivity contribution in [2.45, 2.75) is 20.0 Å². The molecule has 1 rings (SSSR count). The van der Waals surface area contributed by atoms with Crippen molar-refractivity contribution in [1.82, 2.24) is 5.32 Å². The first-order valence-corrected chi connectivity index (χ1v) is 5.74. The Morgan fingerprint density at radius 2 is 2.22 bits per heavy atom. The molecule has 1 N–H and O–H groups in total. The van der Waals surface area contributed by atoms with Crippen LogP contribution in [0.25, 0.3) is 0 Å². The molecule has 5 heteroatoms. The number of carbonyl (C=O) groups is 1. The van der Waals surface area contributed by atoms with Gasteiger partial charge in [-0.15, -0.1) is 0 Å². The van der Waals surface area contributed by atoms with Crippen LogP contribution in [0.5, 0.6) is 5.75 Å². The van der Waals surface area contributed by atoms with Crippen LogP contribution < -0.4 is 10.1 Å². The van der Waals surface area contributed by atoms with Gasteiger partial charge in [0.05, 0.1) is 6.61 Å². The fourth-order valence-electron chi connectivity index (χ4n) is 1.37. The van der Waals surface area contributed by atoms with E-state index in [1.165, 1.54) is 12.1 Å². The lowest BCUT2D eigenvalue weighted by Gasteiger charge is -2.15. The van der Waals surface area contributed by atoms with Crippen LogP contribution in [0, 0.1) is 12.7 Å². The predicted molar refractivity (Wildman–Crippen MR) is 66.1 cm³/mol. The van der Waals surface area contributed by atoms with E-state index in [4.69, 9.17) is 9.47 Å². The number of amides is 1. The van der Waals surface area contributed by atoms with Crippen LogP contribution in [0.1, 0.15) is 12.5 Å². The van der Waals surface area contributed by atoms with Crippen molar-refractivity contribution in [1.29, 1.82) is 0 Å². The second-order valence-corrected chi connectivity index (χ2v) is 3.95. The monoisotopic (exact) mass is 255 g/mol. The molecule has 1 unspecified atom stereocenters. The molecule has 0 heterocycles. The predicted octanol–water partition coefficient (Wildman–Crippen LogP) is 1.66. The van der Waals surface area contributed by atoms with Crippen molar-refractivity contribution in [2.24, 2.45) is 0 Å². The molecule has 1 aromatic carbocycles. The van der Waals surface area contributed by atoms with E-state index in [0.29, 0.717) is 24.5 Å². The zero-order valence-electron chi connectivity index (χ0n) is 10.8. The highest BCUT2D eigenvalue weighted by molar-refractivity contribution is 5.80. The fourth-order valence-corrected chi connectivity index (χ4v) is 1.37. The van der Waals surface area contributed by atoms with Gasteiger partial charge in [0, 0.05) is 13.7 Å². The Bertz CT molecular complexity index is 409. The van der Waals surface area contributed by atoms with E-state index in [0.717, 1.165) is 0 Å². The van der Waals surface area contributed by atoms with Crippen molar-refractivity contribution in [3.05, 3.63) is 29.6 Å². The van der Waals surface area contributed by atoms with Crippen LogP contribution in [-0.4, -0.2) is 32.3 Å². The molecule has 0 aliphatic heterocycles. The quantitative estimate of drug-likeness (QED) is 0.786. The van der Waals surface area contributed by atoms with Crippen molar-refractivity contribution in [3.8, 4) is 5.75 Å². The molecule has 0 radical (unpaired) electrons. The van der Waals surface area contributed by atoms with E-state index in [-0.39, 0.29) is 11.7 Å². The number of ether oxygens (including phenoxy) is 2. The van der Waals surface area contributed by atoms with Gasteiger partial charge in [-0.1, -0.05) is 0 Å². The summed E-state index contributed by atoms with van der Waals surface area (Å²) in [4.78, 5) is 11.6. The molecule has 0 saturated carbocycles. The molecule has 0 aromatic heterocycles. The summed E-state index contributed by atoms with van der Waals surface area (Å²) in [6.45, 7) is 4.17. The summed E-state index contributed by atoms with van der Waals surface area (Å²) in [6, 6.07) is 4.38. The van der Waals surface area contributed by atoms with E-state index in [2.05, 4.69) is 5.32 Å². The van der Waals surface area contributed by atoms with Gasteiger partial charge in [0.1, 0.15) is 11.6 Å². The molecule has 1 atom stereocenters. The Balaban J connectivity index is 2.50. The number of benzene rings is 1. The summed E-state index contributed by atoms with van der Waals surface area (Å²) in [7, 11) is 1.56. The first-order valence-electron chi connectivity index (χ1n) is 5.74. The lowest BCUT2D eigenvalue weighted by atomic mass is 10.2. The van der Waals surface area contributed by atoms with Crippen molar-refractivity contribution in [2.75, 3.05) is 20.3 Å². The minimum absolute atomic E-state index is 0.228. The van der Waals surface area contributed by atoms with E-state index < -0.39 is 6.10 Å². The minimum atomic E-state index is -0.633. The van der Waals surface area contributed by atoms with Gasteiger partial charge in [-0.05, 0) is 37.6 Å². The van der Waals surface area contributed by atoms with Crippen LogP contribution in [0.15, 0.2) is 18.2 Å². The number of hydrogen-bond acceptors (Lipinski definition) is 3. The number of methoxy groups -OCH3 is 1. The molecule has 4 nitrogen and oxygen atoms in total. The molecule has 18 heavy (non-hydrogen) atoms. The zero-order chi connectivity index (χ0) is 13.5. The van der Waals surface area contributed by atoms with Gasteiger partial charge in [0.15, 0.2) is 6.10 Å². The average molecular weight is 255 g/mol. The molecule has 1 aromatic rings. The van der Waals surface area contributed by atoms with Gasteiger partial charge in [0.25, 0.3) is 5.91 Å². The Morgan fingerprint density at radius 3 is 2.83 bits per heavy atom. The summed E-state index contributed by atoms with van der Waals surface area (Å²) in [5.41, 5.74) is 0.486. The maximum atomic E-state index is 13.1. The standard InChI is InChI=1S/C13H18FNO3/c1-9-8-11(4-5-12(9)14)18-10(2)13(16)15-6-7-17-3/h4-5,8,10H,6-7H2,1-3H3,(H,15,16). The Labute approximate surface area is 106 Å². The molecule has 1 amide bonds. The smallest absolute Gasteiger partial charge is 0.260 e. The summed E-state index contributed by atoms with van der Waals surface area (Å²) in [5.74, 6) is -0.0446. The van der Waals surface area contributed by atoms with Crippen molar-refractivity contribution < 1.29 is 18.7 Å². The molecule has 0 spiro atoms. The topological polar surface area (TPSA) is 47.6 Å². The molecule has 0 aliphatic carbocycles. The molecular formula is C13H18FNO3. The van der Waals surface area contributed by atoms with E-state index in [1.54, 1.807) is 27.0 Å².